The number of alkyl halides is 3. The quantitative estimate of drug-likeness (QED) is 0.482. The van der Waals surface area contributed by atoms with E-state index in [0.717, 1.165) is 6.42 Å². The van der Waals surface area contributed by atoms with Crippen LogP contribution >= 0.6 is 0 Å². The molecule has 6 nitrogen and oxygen atoms in total. The van der Waals surface area contributed by atoms with Gasteiger partial charge in [-0.3, -0.25) is 4.79 Å². The Hall–Kier alpha value is -0.900. The topological polar surface area (TPSA) is 82.8 Å². The van der Waals surface area contributed by atoms with Gasteiger partial charge in [-0.1, -0.05) is 0 Å². The lowest BCUT2D eigenvalue weighted by Crippen LogP contribution is -2.37. The summed E-state index contributed by atoms with van der Waals surface area (Å²) in [5, 5.41) is 1.76. The summed E-state index contributed by atoms with van der Waals surface area (Å²) in [6.07, 6.45) is -3.71. The first-order valence-corrected chi connectivity index (χ1v) is 6.76. The fourth-order valence-electron chi connectivity index (χ4n) is 1.20. The minimum absolute atomic E-state index is 0.0752. The van der Waals surface area contributed by atoms with E-state index < -0.39 is 12.1 Å². The molecular weight excluding hydrogens is 293 g/mol. The molecule has 0 heterocycles. The van der Waals surface area contributed by atoms with Gasteiger partial charge in [0.2, 0.25) is 0 Å². The number of ether oxygens (including phenoxy) is 3. The molecule has 0 rings (SSSR count). The Labute approximate surface area is 122 Å². The fraction of sp³-hybridized carbons (Fsp3) is 0.917. The van der Waals surface area contributed by atoms with Crippen molar-refractivity contribution in [1.29, 1.82) is 0 Å². The molecule has 3 N–H and O–H groups in total. The highest BCUT2D eigenvalue weighted by Gasteiger charge is 2.38. The molecular formula is C12H23F3N2O4. The van der Waals surface area contributed by atoms with Crippen LogP contribution in [0.15, 0.2) is 0 Å². The lowest BCUT2D eigenvalue weighted by molar-refractivity contribution is -0.173. The van der Waals surface area contributed by atoms with E-state index in [1.807, 2.05) is 0 Å². The monoisotopic (exact) mass is 316 g/mol. The van der Waals surface area contributed by atoms with Crippen LogP contribution in [0.4, 0.5) is 13.2 Å². The summed E-state index contributed by atoms with van der Waals surface area (Å²) in [5.74, 6) is -1.93. The average molecular weight is 316 g/mol. The van der Waals surface area contributed by atoms with Gasteiger partial charge < -0.3 is 25.3 Å². The van der Waals surface area contributed by atoms with Crippen molar-refractivity contribution < 1.29 is 32.2 Å². The van der Waals surface area contributed by atoms with Gasteiger partial charge in [-0.05, 0) is 19.4 Å². The Morgan fingerprint density at radius 3 is 1.86 bits per heavy atom. The van der Waals surface area contributed by atoms with Crippen molar-refractivity contribution in [2.45, 2.75) is 19.0 Å². The lowest BCUT2D eigenvalue weighted by atomic mass is 10.4. The standard InChI is InChI=1S/C12H23F3N2O4/c13-12(14,15)11(18)17-4-2-6-20-8-10-21-9-7-19-5-1-3-16/h1-10,16H2,(H,17,18). The molecule has 0 aliphatic carbocycles. The molecule has 0 radical (unpaired) electrons. The Morgan fingerprint density at radius 1 is 0.905 bits per heavy atom. The van der Waals surface area contributed by atoms with Crippen LogP contribution in [0.3, 0.4) is 0 Å². The maximum atomic E-state index is 11.8. The molecule has 0 aliphatic heterocycles. The van der Waals surface area contributed by atoms with Crippen LogP contribution in [0.5, 0.6) is 0 Å². The summed E-state index contributed by atoms with van der Waals surface area (Å²) in [7, 11) is 0. The van der Waals surface area contributed by atoms with Crippen molar-refractivity contribution in [1.82, 2.24) is 5.32 Å². The highest BCUT2D eigenvalue weighted by molar-refractivity contribution is 5.81. The van der Waals surface area contributed by atoms with Crippen molar-refractivity contribution >= 4 is 5.91 Å². The summed E-state index contributed by atoms with van der Waals surface area (Å²) < 4.78 is 51.0. The van der Waals surface area contributed by atoms with Crippen LogP contribution in [0.1, 0.15) is 12.8 Å². The minimum atomic E-state index is -4.83. The smallest absolute Gasteiger partial charge is 0.379 e. The van der Waals surface area contributed by atoms with Crippen molar-refractivity contribution in [3.63, 3.8) is 0 Å². The Bertz CT molecular complexity index is 265. The molecule has 1 amide bonds. The van der Waals surface area contributed by atoms with E-state index in [-0.39, 0.29) is 13.2 Å². The summed E-state index contributed by atoms with van der Waals surface area (Å²) in [6, 6.07) is 0. The molecule has 9 heteroatoms. The van der Waals surface area contributed by atoms with Crippen molar-refractivity contribution in [3.05, 3.63) is 0 Å². The second-order valence-corrected chi connectivity index (χ2v) is 4.09. The summed E-state index contributed by atoms with van der Waals surface area (Å²) in [4.78, 5) is 10.5. The van der Waals surface area contributed by atoms with E-state index in [9.17, 15) is 18.0 Å². The largest absolute Gasteiger partial charge is 0.471 e. The zero-order chi connectivity index (χ0) is 16.0. The minimum Gasteiger partial charge on any atom is -0.379 e. The molecule has 0 bridgehead atoms. The lowest BCUT2D eigenvalue weighted by Gasteiger charge is -2.08. The van der Waals surface area contributed by atoms with E-state index in [0.29, 0.717) is 46.0 Å². The van der Waals surface area contributed by atoms with Crippen LogP contribution < -0.4 is 11.1 Å². The van der Waals surface area contributed by atoms with E-state index in [2.05, 4.69) is 0 Å². The predicted octanol–water partition coefficient (Wildman–Crippen LogP) is 0.454. The SMILES string of the molecule is NCCCOCCOCCOCCCNC(=O)C(F)(F)F. The second kappa shape index (κ2) is 12.8. The van der Waals surface area contributed by atoms with Crippen LogP contribution in [0.25, 0.3) is 0 Å². The summed E-state index contributed by atoms with van der Waals surface area (Å²) in [5.41, 5.74) is 5.29. The number of halogens is 3. The van der Waals surface area contributed by atoms with Gasteiger partial charge in [0.15, 0.2) is 0 Å². The van der Waals surface area contributed by atoms with E-state index in [4.69, 9.17) is 19.9 Å². The number of rotatable bonds is 13. The van der Waals surface area contributed by atoms with Crippen LogP contribution in [-0.4, -0.2) is 64.8 Å². The molecule has 0 saturated carbocycles. The van der Waals surface area contributed by atoms with Gasteiger partial charge in [-0.15, -0.1) is 0 Å². The number of amides is 1. The Balaban J connectivity index is 3.14. The number of carbonyl (C=O) groups excluding carboxylic acids is 1. The van der Waals surface area contributed by atoms with Crippen molar-refractivity contribution in [2.75, 3.05) is 52.7 Å². The molecule has 0 fully saturated rings. The van der Waals surface area contributed by atoms with Crippen LogP contribution in [-0.2, 0) is 19.0 Å². The maximum Gasteiger partial charge on any atom is 0.471 e. The molecule has 0 aliphatic rings. The molecule has 126 valence electrons. The van der Waals surface area contributed by atoms with E-state index >= 15 is 0 Å². The third-order valence-electron chi connectivity index (χ3n) is 2.25. The van der Waals surface area contributed by atoms with Crippen LogP contribution in [0, 0.1) is 0 Å². The molecule has 21 heavy (non-hydrogen) atoms. The first-order chi connectivity index (χ1) is 9.98. The third-order valence-corrected chi connectivity index (χ3v) is 2.25. The molecule has 0 spiro atoms. The number of nitrogens with two attached hydrogens (primary N) is 1. The number of nitrogens with one attached hydrogen (secondary N) is 1. The van der Waals surface area contributed by atoms with Gasteiger partial charge in [0.05, 0.1) is 26.4 Å². The molecule has 0 aromatic carbocycles. The normalized spacial score (nSPS) is 11.6. The first-order valence-electron chi connectivity index (χ1n) is 6.76. The van der Waals surface area contributed by atoms with E-state index in [1.54, 1.807) is 5.32 Å². The molecule has 0 aromatic heterocycles. The number of hydrogen-bond acceptors (Lipinski definition) is 5. The van der Waals surface area contributed by atoms with E-state index in [1.165, 1.54) is 0 Å². The summed E-state index contributed by atoms with van der Waals surface area (Å²) in [6.45, 7) is 3.06. The molecule has 0 saturated heterocycles. The number of hydrogen-bond donors (Lipinski definition) is 2. The average Bonchev–Trinajstić information content (AvgIpc) is 2.42. The van der Waals surface area contributed by atoms with Crippen LogP contribution in [0.2, 0.25) is 0 Å². The van der Waals surface area contributed by atoms with Crippen molar-refractivity contribution in [3.8, 4) is 0 Å². The fourth-order valence-corrected chi connectivity index (χ4v) is 1.20. The highest BCUT2D eigenvalue weighted by Crippen LogP contribution is 2.13. The maximum absolute atomic E-state index is 11.8. The van der Waals surface area contributed by atoms with Gasteiger partial charge in [-0.2, -0.15) is 13.2 Å². The summed E-state index contributed by atoms with van der Waals surface area (Å²) >= 11 is 0. The van der Waals surface area contributed by atoms with Gasteiger partial charge in [0, 0.05) is 19.8 Å². The first kappa shape index (κ1) is 20.1. The predicted molar refractivity (Wildman–Crippen MR) is 69.8 cm³/mol. The second-order valence-electron chi connectivity index (χ2n) is 4.09. The van der Waals surface area contributed by atoms with Gasteiger partial charge in [0.25, 0.3) is 0 Å². The third kappa shape index (κ3) is 13.8. The zero-order valence-corrected chi connectivity index (χ0v) is 11.9. The molecule has 0 aromatic rings. The molecule has 0 atom stereocenters. The molecule has 0 unspecified atom stereocenters. The Morgan fingerprint density at radius 2 is 1.38 bits per heavy atom. The van der Waals surface area contributed by atoms with Gasteiger partial charge in [-0.25, -0.2) is 0 Å². The number of carbonyl (C=O) groups is 1. The Kier molecular flexibility index (Phi) is 12.3. The zero-order valence-electron chi connectivity index (χ0n) is 11.9. The van der Waals surface area contributed by atoms with Gasteiger partial charge >= 0.3 is 12.1 Å². The van der Waals surface area contributed by atoms with Crippen molar-refractivity contribution in [2.24, 2.45) is 5.73 Å². The van der Waals surface area contributed by atoms with Gasteiger partial charge in [0.1, 0.15) is 0 Å². The highest BCUT2D eigenvalue weighted by atomic mass is 19.4.